The maximum Gasteiger partial charge on any atom is 0.225 e. The van der Waals surface area contributed by atoms with Gasteiger partial charge in [-0.2, -0.15) is 0 Å². The molecule has 0 aliphatic rings. The normalized spacial score (nSPS) is 12.0. The van der Waals surface area contributed by atoms with Crippen molar-refractivity contribution in [3.8, 4) is 0 Å². The number of rotatable bonds is 4. The van der Waals surface area contributed by atoms with Crippen LogP contribution in [-0.2, 0) is 11.2 Å². The van der Waals surface area contributed by atoms with E-state index in [1.54, 1.807) is 12.1 Å². The summed E-state index contributed by atoms with van der Waals surface area (Å²) in [6, 6.07) is 10.3. The number of hydrogen-bond donors (Lipinski definition) is 1. The Balaban J connectivity index is 2.05. The molecule has 0 aliphatic carbocycles. The number of carbonyl (C=O) groups is 1. The first-order chi connectivity index (χ1) is 10.4. The second-order valence-electron chi connectivity index (χ2n) is 5.56. The number of amides is 1. The Labute approximate surface area is 135 Å². The van der Waals surface area contributed by atoms with Gasteiger partial charge >= 0.3 is 0 Å². The molecule has 0 radical (unpaired) electrons. The molecule has 2 nitrogen and oxygen atoms in total. The van der Waals surface area contributed by atoms with Gasteiger partial charge in [-0.05, 0) is 49.6 Å². The molecule has 0 saturated heterocycles. The zero-order valence-electron chi connectivity index (χ0n) is 12.9. The third-order valence-electron chi connectivity index (χ3n) is 3.64. The summed E-state index contributed by atoms with van der Waals surface area (Å²) in [4.78, 5) is 12.1. The molecule has 2 aromatic rings. The maximum atomic E-state index is 13.7. The molecule has 0 fully saturated rings. The molecule has 2 rings (SSSR count). The number of nitrogens with one attached hydrogen (secondary N) is 1. The van der Waals surface area contributed by atoms with Crippen molar-refractivity contribution in [2.45, 2.75) is 33.2 Å². The minimum atomic E-state index is -0.457. The van der Waals surface area contributed by atoms with Gasteiger partial charge in [0.05, 0.1) is 12.5 Å². The van der Waals surface area contributed by atoms with Gasteiger partial charge in [0.15, 0.2) is 0 Å². The van der Waals surface area contributed by atoms with Crippen LogP contribution in [-0.4, -0.2) is 5.91 Å². The van der Waals surface area contributed by atoms with Crippen LogP contribution in [0.1, 0.15) is 35.2 Å². The van der Waals surface area contributed by atoms with E-state index in [0.717, 1.165) is 11.1 Å². The number of aryl methyl sites for hydroxylation is 2. The topological polar surface area (TPSA) is 29.1 Å². The molecule has 116 valence electrons. The fourth-order valence-corrected chi connectivity index (χ4v) is 2.68. The number of halogens is 2. The molecule has 0 spiro atoms. The summed E-state index contributed by atoms with van der Waals surface area (Å²) < 4.78 is 13.7. The maximum absolute atomic E-state index is 13.7. The van der Waals surface area contributed by atoms with E-state index in [0.29, 0.717) is 10.6 Å². The van der Waals surface area contributed by atoms with Gasteiger partial charge in [0.2, 0.25) is 5.91 Å². The second-order valence-corrected chi connectivity index (χ2v) is 6.00. The van der Waals surface area contributed by atoms with E-state index in [4.69, 9.17) is 11.6 Å². The van der Waals surface area contributed by atoms with Crippen molar-refractivity contribution in [1.82, 2.24) is 5.32 Å². The molecule has 0 saturated carbocycles. The zero-order valence-corrected chi connectivity index (χ0v) is 13.7. The van der Waals surface area contributed by atoms with E-state index in [9.17, 15) is 9.18 Å². The van der Waals surface area contributed by atoms with E-state index >= 15 is 0 Å². The third-order valence-corrected chi connectivity index (χ3v) is 3.87. The standard InChI is InChI=1S/C18H19ClFNO/c1-11-4-7-16(12(2)8-11)13(3)21-18(22)9-14-5-6-15(19)10-17(14)20/h4-8,10,13H,9H2,1-3H3,(H,21,22)/t13-/m1/s1. The summed E-state index contributed by atoms with van der Waals surface area (Å²) >= 11 is 5.71. The van der Waals surface area contributed by atoms with E-state index < -0.39 is 5.82 Å². The molecule has 0 aliphatic heterocycles. The molecule has 0 unspecified atom stereocenters. The molecule has 2 aromatic carbocycles. The lowest BCUT2D eigenvalue weighted by Gasteiger charge is -2.17. The van der Waals surface area contributed by atoms with Crippen LogP contribution in [0.25, 0.3) is 0 Å². The molecular formula is C18H19ClFNO. The minimum Gasteiger partial charge on any atom is -0.349 e. The Morgan fingerprint density at radius 3 is 2.59 bits per heavy atom. The molecule has 4 heteroatoms. The van der Waals surface area contributed by atoms with Gasteiger partial charge in [-0.15, -0.1) is 0 Å². The summed E-state index contributed by atoms with van der Waals surface area (Å²) in [6.07, 6.45) is -0.00173. The van der Waals surface area contributed by atoms with Crippen LogP contribution in [0.5, 0.6) is 0 Å². The summed E-state index contributed by atoms with van der Waals surface area (Å²) in [7, 11) is 0. The van der Waals surface area contributed by atoms with E-state index in [-0.39, 0.29) is 18.4 Å². The van der Waals surface area contributed by atoms with Crippen LogP contribution in [0.4, 0.5) is 4.39 Å². The summed E-state index contributed by atoms with van der Waals surface area (Å²) in [5.74, 6) is -0.671. The first kappa shape index (κ1) is 16.5. The number of carbonyl (C=O) groups excluding carboxylic acids is 1. The lowest BCUT2D eigenvalue weighted by atomic mass is 10.00. The lowest BCUT2D eigenvalue weighted by molar-refractivity contribution is -0.121. The largest absolute Gasteiger partial charge is 0.349 e. The van der Waals surface area contributed by atoms with Crippen molar-refractivity contribution < 1.29 is 9.18 Å². The molecule has 0 bridgehead atoms. The molecule has 22 heavy (non-hydrogen) atoms. The molecule has 1 amide bonds. The van der Waals surface area contributed by atoms with Crippen LogP contribution in [0.15, 0.2) is 36.4 Å². The van der Waals surface area contributed by atoms with Crippen molar-refractivity contribution in [2.75, 3.05) is 0 Å². The van der Waals surface area contributed by atoms with Crippen LogP contribution in [0.2, 0.25) is 5.02 Å². The summed E-state index contributed by atoms with van der Waals surface area (Å²) in [6.45, 7) is 5.97. The molecule has 1 atom stereocenters. The van der Waals surface area contributed by atoms with Crippen molar-refractivity contribution in [2.24, 2.45) is 0 Å². The predicted octanol–water partition coefficient (Wildman–Crippen LogP) is 4.52. The predicted molar refractivity (Wildman–Crippen MR) is 87.6 cm³/mol. The average Bonchev–Trinajstić information content (AvgIpc) is 2.41. The zero-order chi connectivity index (χ0) is 16.3. The molecule has 0 aromatic heterocycles. The highest BCUT2D eigenvalue weighted by atomic mass is 35.5. The number of benzene rings is 2. The van der Waals surface area contributed by atoms with Gasteiger partial charge in [-0.25, -0.2) is 4.39 Å². The number of hydrogen-bond acceptors (Lipinski definition) is 1. The van der Waals surface area contributed by atoms with Crippen LogP contribution in [0.3, 0.4) is 0 Å². The monoisotopic (exact) mass is 319 g/mol. The van der Waals surface area contributed by atoms with Crippen LogP contribution < -0.4 is 5.32 Å². The highest BCUT2D eigenvalue weighted by molar-refractivity contribution is 6.30. The minimum absolute atomic E-state index is 0.00173. The van der Waals surface area contributed by atoms with Gasteiger partial charge in [0, 0.05) is 5.02 Å². The van der Waals surface area contributed by atoms with Crippen molar-refractivity contribution in [1.29, 1.82) is 0 Å². The Bertz CT molecular complexity index is 699. The van der Waals surface area contributed by atoms with Gasteiger partial charge in [0.1, 0.15) is 5.82 Å². The second kappa shape index (κ2) is 6.93. The van der Waals surface area contributed by atoms with Crippen LogP contribution in [0, 0.1) is 19.7 Å². The average molecular weight is 320 g/mol. The van der Waals surface area contributed by atoms with Gasteiger partial charge in [-0.3, -0.25) is 4.79 Å². The Hall–Kier alpha value is -1.87. The Morgan fingerprint density at radius 1 is 1.23 bits per heavy atom. The molecular weight excluding hydrogens is 301 g/mol. The quantitative estimate of drug-likeness (QED) is 0.882. The highest BCUT2D eigenvalue weighted by Crippen LogP contribution is 2.19. The first-order valence-electron chi connectivity index (χ1n) is 7.17. The molecule has 1 N–H and O–H groups in total. The highest BCUT2D eigenvalue weighted by Gasteiger charge is 2.14. The van der Waals surface area contributed by atoms with Crippen molar-refractivity contribution >= 4 is 17.5 Å². The Kier molecular flexibility index (Phi) is 5.19. The Morgan fingerprint density at radius 2 is 1.95 bits per heavy atom. The van der Waals surface area contributed by atoms with E-state index in [2.05, 4.69) is 11.4 Å². The van der Waals surface area contributed by atoms with E-state index in [1.807, 2.05) is 32.9 Å². The smallest absolute Gasteiger partial charge is 0.225 e. The van der Waals surface area contributed by atoms with Crippen molar-refractivity contribution in [3.05, 3.63) is 69.5 Å². The van der Waals surface area contributed by atoms with Crippen LogP contribution >= 0.6 is 11.6 Å². The first-order valence-corrected chi connectivity index (χ1v) is 7.55. The molecule has 0 heterocycles. The lowest BCUT2D eigenvalue weighted by Crippen LogP contribution is -2.28. The van der Waals surface area contributed by atoms with Gasteiger partial charge < -0.3 is 5.32 Å². The van der Waals surface area contributed by atoms with Crippen molar-refractivity contribution in [3.63, 3.8) is 0 Å². The van der Waals surface area contributed by atoms with E-state index in [1.165, 1.54) is 11.6 Å². The van der Waals surface area contributed by atoms with Gasteiger partial charge in [-0.1, -0.05) is 41.4 Å². The summed E-state index contributed by atoms with van der Waals surface area (Å²) in [5.41, 5.74) is 3.72. The summed E-state index contributed by atoms with van der Waals surface area (Å²) in [5, 5.41) is 3.23. The fraction of sp³-hybridized carbons (Fsp3) is 0.278. The third kappa shape index (κ3) is 4.08. The SMILES string of the molecule is Cc1ccc([C@@H](C)NC(=O)Cc2ccc(Cl)cc2F)c(C)c1. The van der Waals surface area contributed by atoms with Gasteiger partial charge in [0.25, 0.3) is 0 Å². The fourth-order valence-electron chi connectivity index (χ4n) is 2.52.